The van der Waals surface area contributed by atoms with Gasteiger partial charge in [0.25, 0.3) is 5.91 Å². The Morgan fingerprint density at radius 3 is 2.66 bits per heavy atom. The molecular weight excluding hydrogens is 754 g/mol. The van der Waals surface area contributed by atoms with Crippen molar-refractivity contribution in [3.63, 3.8) is 0 Å². The molecule has 3 amide bonds. The first kappa shape index (κ1) is 39.1. The van der Waals surface area contributed by atoms with Gasteiger partial charge in [-0.3, -0.25) is 23.7 Å². The first-order chi connectivity index (χ1) is 27.1. The zero-order valence-corrected chi connectivity index (χ0v) is 33.1. The Hall–Kier alpha value is -5.11. The molecule has 0 aliphatic carbocycles. The lowest BCUT2D eigenvalue weighted by molar-refractivity contribution is -0.145. The number of carbonyl (C=O) groups is 4. The van der Waals surface area contributed by atoms with Crippen LogP contribution in [0.15, 0.2) is 73.2 Å². The molecule has 2 aromatic carbocycles. The van der Waals surface area contributed by atoms with E-state index in [1.165, 1.54) is 11.3 Å². The van der Waals surface area contributed by atoms with E-state index in [9.17, 15) is 23.7 Å². The Kier molecular flexibility index (Phi) is 12.1. The number of carbonyl (C=O) groups excluding carboxylic acids is 4. The van der Waals surface area contributed by atoms with E-state index in [1.54, 1.807) is 54.7 Å². The van der Waals surface area contributed by atoms with Gasteiger partial charge in [0.2, 0.25) is 11.8 Å². The molecule has 56 heavy (non-hydrogen) atoms. The summed E-state index contributed by atoms with van der Waals surface area (Å²) in [5.74, 6) is -0.965. The molecule has 2 aliphatic rings. The Labute approximate surface area is 328 Å². The standard InChI is InChI=1S/C40H46N7O7PS/c1-3-17-53-40(51)25(2)46-55(52,54-30-10-5-4-6-11-30)23-26-13-16-34-28(18-26)20-35(56-34)38(49)45-31-12-8-7-9-29-14-15-33(47(29)39(31)50)37(48)42-22-27-19-32-36(41-21-27)44-24-43-32/h4-6,10-11,13,16,18-21,24-25,29,31,33H,3,7-9,12,14-15,17,22-23H2,1-2H3,(H,42,48)(H,45,49)(H,46,52)(H,41,43,44)/t25-,29-,31-,33-,55?/m0/s1. The number of nitrogens with one attached hydrogen (secondary N) is 4. The summed E-state index contributed by atoms with van der Waals surface area (Å²) < 4.78 is 26.4. The van der Waals surface area contributed by atoms with Gasteiger partial charge in [0, 0.05) is 23.5 Å². The van der Waals surface area contributed by atoms with Crippen LogP contribution in [0.4, 0.5) is 0 Å². The first-order valence-corrected chi connectivity index (χ1v) is 21.7. The molecule has 0 bridgehead atoms. The van der Waals surface area contributed by atoms with Crippen LogP contribution in [0.3, 0.4) is 0 Å². The van der Waals surface area contributed by atoms with Crippen molar-refractivity contribution >= 4 is 63.8 Å². The van der Waals surface area contributed by atoms with E-state index >= 15 is 0 Å². The number of H-pyrrole nitrogens is 1. The zero-order valence-electron chi connectivity index (χ0n) is 31.4. The molecule has 7 rings (SSSR count). The van der Waals surface area contributed by atoms with Crippen molar-refractivity contribution in [3.8, 4) is 5.75 Å². The molecule has 294 valence electrons. The molecule has 2 saturated heterocycles. The summed E-state index contributed by atoms with van der Waals surface area (Å²) in [6.45, 7) is 4.00. The maximum atomic E-state index is 14.3. The normalized spacial score (nSPS) is 20.1. The van der Waals surface area contributed by atoms with Gasteiger partial charge in [-0.05, 0) is 91.9 Å². The largest absolute Gasteiger partial charge is 0.465 e. The van der Waals surface area contributed by atoms with Gasteiger partial charge in [0.15, 0.2) is 5.65 Å². The predicted octanol–water partition coefficient (Wildman–Crippen LogP) is 6.22. The maximum absolute atomic E-state index is 14.3. The number of imidazole rings is 1. The van der Waals surface area contributed by atoms with Gasteiger partial charge >= 0.3 is 13.5 Å². The number of esters is 1. The van der Waals surface area contributed by atoms with E-state index in [-0.39, 0.29) is 43.1 Å². The van der Waals surface area contributed by atoms with Gasteiger partial charge in [0.05, 0.1) is 24.0 Å². The van der Waals surface area contributed by atoms with Crippen LogP contribution < -0.4 is 20.2 Å². The third-order valence-corrected chi connectivity index (χ3v) is 13.3. The lowest BCUT2D eigenvalue weighted by Gasteiger charge is -2.35. The van der Waals surface area contributed by atoms with E-state index in [1.807, 2.05) is 37.3 Å². The number of fused-ring (bicyclic) bond motifs is 3. The van der Waals surface area contributed by atoms with Gasteiger partial charge < -0.3 is 29.8 Å². The fourth-order valence-corrected chi connectivity index (χ4v) is 10.4. The zero-order chi connectivity index (χ0) is 39.2. The maximum Gasteiger partial charge on any atom is 0.323 e. The number of nitrogens with zero attached hydrogens (tertiary/aromatic N) is 3. The number of hydrogen-bond donors (Lipinski definition) is 4. The van der Waals surface area contributed by atoms with E-state index < -0.39 is 31.6 Å². The van der Waals surface area contributed by atoms with Crippen LogP contribution in [0, 0.1) is 0 Å². The van der Waals surface area contributed by atoms with Crippen LogP contribution in [0.25, 0.3) is 21.3 Å². The number of thiophene rings is 1. The minimum absolute atomic E-state index is 0.0286. The third kappa shape index (κ3) is 9.12. The summed E-state index contributed by atoms with van der Waals surface area (Å²) in [5.41, 5.74) is 2.86. The van der Waals surface area contributed by atoms with Crippen molar-refractivity contribution in [2.45, 2.75) is 95.7 Å². The molecule has 14 nitrogen and oxygen atoms in total. The van der Waals surface area contributed by atoms with Gasteiger partial charge in [-0.2, -0.15) is 0 Å². The Balaban J connectivity index is 1.03. The Morgan fingerprint density at radius 2 is 1.84 bits per heavy atom. The highest BCUT2D eigenvalue weighted by Gasteiger charge is 2.44. The average molecular weight is 800 g/mol. The van der Waals surface area contributed by atoms with Crippen LogP contribution >= 0.6 is 18.9 Å². The van der Waals surface area contributed by atoms with Crippen LogP contribution in [0.1, 0.15) is 79.6 Å². The number of aromatic amines is 1. The highest BCUT2D eigenvalue weighted by Crippen LogP contribution is 2.47. The van der Waals surface area contributed by atoms with Crippen molar-refractivity contribution in [2.75, 3.05) is 6.61 Å². The molecular formula is C40H46N7O7PS. The molecule has 5 heterocycles. The fraction of sp³-hybridized carbons (Fsp3) is 0.400. The van der Waals surface area contributed by atoms with E-state index in [0.29, 0.717) is 46.6 Å². The lowest BCUT2D eigenvalue weighted by atomic mass is 9.99. The van der Waals surface area contributed by atoms with Gasteiger partial charge in [-0.15, -0.1) is 11.3 Å². The summed E-state index contributed by atoms with van der Waals surface area (Å²) in [4.78, 5) is 67.7. The van der Waals surface area contributed by atoms with Gasteiger partial charge in [-0.25, -0.2) is 15.1 Å². The van der Waals surface area contributed by atoms with Crippen LogP contribution in [-0.2, 0) is 36.4 Å². The molecule has 0 saturated carbocycles. The monoisotopic (exact) mass is 799 g/mol. The lowest BCUT2D eigenvalue weighted by Crippen LogP contribution is -2.56. The van der Waals surface area contributed by atoms with Crippen LogP contribution in [0.2, 0.25) is 0 Å². The topological polar surface area (TPSA) is 185 Å². The highest BCUT2D eigenvalue weighted by atomic mass is 32.1. The van der Waals surface area contributed by atoms with Crippen LogP contribution in [-0.4, -0.2) is 74.3 Å². The number of rotatable bonds is 14. The molecule has 5 atom stereocenters. The summed E-state index contributed by atoms with van der Waals surface area (Å²) in [5, 5.41) is 9.66. The van der Waals surface area contributed by atoms with Gasteiger partial charge in [0.1, 0.15) is 29.4 Å². The highest BCUT2D eigenvalue weighted by molar-refractivity contribution is 7.56. The fourth-order valence-electron chi connectivity index (χ4n) is 7.40. The minimum Gasteiger partial charge on any atom is -0.465 e. The number of aromatic nitrogens is 3. The summed E-state index contributed by atoms with van der Waals surface area (Å²) in [7, 11) is -3.69. The minimum atomic E-state index is -3.69. The average Bonchev–Trinajstić information content (AvgIpc) is 3.94. The molecule has 0 spiro atoms. The second-order valence-electron chi connectivity index (χ2n) is 14.4. The number of ether oxygens (including phenoxy) is 1. The molecule has 2 aliphatic heterocycles. The SMILES string of the molecule is CCCOC(=O)[C@H](C)NP(=O)(Cc1ccc2sc(C(=O)N[C@H]3CCCC[C@H]4CC[C@@H](C(=O)NCc5cnc6[nH]cnc6c5)N4C3=O)cc2c1)Oc1ccccc1. The number of amides is 3. The Bertz CT molecular complexity index is 2260. The molecule has 4 N–H and O–H groups in total. The summed E-state index contributed by atoms with van der Waals surface area (Å²) in [6, 6.07) is 15.6. The molecule has 16 heteroatoms. The molecule has 0 radical (unpaired) electrons. The predicted molar refractivity (Wildman–Crippen MR) is 213 cm³/mol. The quantitative estimate of drug-likeness (QED) is 0.0743. The smallest absolute Gasteiger partial charge is 0.323 e. The van der Waals surface area contributed by atoms with Crippen LogP contribution in [0.5, 0.6) is 5.75 Å². The van der Waals surface area contributed by atoms with E-state index in [0.717, 1.165) is 41.3 Å². The first-order valence-electron chi connectivity index (χ1n) is 19.1. The number of benzene rings is 2. The summed E-state index contributed by atoms with van der Waals surface area (Å²) >= 11 is 1.30. The molecule has 1 unspecified atom stereocenters. The summed E-state index contributed by atoms with van der Waals surface area (Å²) in [6.07, 6.45) is 8.13. The number of hydrogen-bond acceptors (Lipinski definition) is 10. The molecule has 3 aromatic heterocycles. The van der Waals surface area contributed by atoms with Crippen molar-refractivity contribution < 1.29 is 33.0 Å². The van der Waals surface area contributed by atoms with Crippen molar-refractivity contribution in [3.05, 3.63) is 89.2 Å². The number of para-hydroxylation sites is 1. The second-order valence-corrected chi connectivity index (χ2v) is 17.6. The molecule has 5 aromatic rings. The van der Waals surface area contributed by atoms with Gasteiger partial charge in [-0.1, -0.05) is 44.0 Å². The second kappa shape index (κ2) is 17.4. The van der Waals surface area contributed by atoms with E-state index in [2.05, 4.69) is 30.7 Å². The third-order valence-electron chi connectivity index (χ3n) is 10.1. The number of pyridine rings is 1. The van der Waals surface area contributed by atoms with Crippen molar-refractivity contribution in [1.82, 2.24) is 35.6 Å². The molecule has 2 fully saturated rings. The van der Waals surface area contributed by atoms with Crippen molar-refractivity contribution in [2.24, 2.45) is 0 Å². The Morgan fingerprint density at radius 1 is 1.02 bits per heavy atom. The van der Waals surface area contributed by atoms with Crippen molar-refractivity contribution in [1.29, 1.82) is 0 Å². The van der Waals surface area contributed by atoms with E-state index in [4.69, 9.17) is 9.26 Å².